The molecule has 6 heteroatoms. The summed E-state index contributed by atoms with van der Waals surface area (Å²) >= 11 is 7.33. The van der Waals surface area contributed by atoms with E-state index in [2.05, 4.69) is 0 Å². The maximum atomic E-state index is 13.1. The SMILES string of the molecule is CN1C(=O)C2(SCC(=O)N2c2ccc(Cl)cc2)c2ccccc21. The lowest BCUT2D eigenvalue weighted by molar-refractivity contribution is -0.123. The fraction of sp³-hybridized carbons (Fsp3) is 0.176. The van der Waals surface area contributed by atoms with Gasteiger partial charge in [0.2, 0.25) is 10.8 Å². The van der Waals surface area contributed by atoms with E-state index in [0.717, 1.165) is 11.3 Å². The number of thioether (sulfide) groups is 1. The Bertz CT molecular complexity index is 824. The van der Waals surface area contributed by atoms with Crippen molar-refractivity contribution in [2.45, 2.75) is 4.87 Å². The van der Waals surface area contributed by atoms with E-state index in [-0.39, 0.29) is 17.6 Å². The molecule has 1 unspecified atom stereocenters. The molecule has 0 aromatic heterocycles. The van der Waals surface area contributed by atoms with Crippen molar-refractivity contribution < 1.29 is 9.59 Å². The standard InChI is InChI=1S/C17H13ClN2O2S/c1-19-14-5-3-2-4-13(14)17(16(19)22)20(15(21)10-23-17)12-8-6-11(18)7-9-12/h2-9H,10H2,1H3. The Kier molecular flexibility index (Phi) is 3.18. The fourth-order valence-electron chi connectivity index (χ4n) is 3.25. The third-order valence-electron chi connectivity index (χ3n) is 4.28. The molecule has 1 spiro atoms. The molecule has 1 atom stereocenters. The van der Waals surface area contributed by atoms with Crippen LogP contribution in [0.3, 0.4) is 0 Å². The van der Waals surface area contributed by atoms with E-state index in [9.17, 15) is 9.59 Å². The fourth-order valence-corrected chi connectivity index (χ4v) is 4.76. The van der Waals surface area contributed by atoms with Crippen LogP contribution in [0.15, 0.2) is 48.5 Å². The highest BCUT2D eigenvalue weighted by Crippen LogP contribution is 2.55. The number of rotatable bonds is 1. The first-order chi connectivity index (χ1) is 11.1. The van der Waals surface area contributed by atoms with E-state index in [1.54, 1.807) is 41.1 Å². The van der Waals surface area contributed by atoms with Gasteiger partial charge in [0.15, 0.2) is 0 Å². The summed E-state index contributed by atoms with van der Waals surface area (Å²) in [4.78, 5) is 27.9. The molecule has 2 aromatic carbocycles. The summed E-state index contributed by atoms with van der Waals surface area (Å²) in [5.74, 6) is 0.108. The summed E-state index contributed by atoms with van der Waals surface area (Å²) in [5.41, 5.74) is 2.39. The summed E-state index contributed by atoms with van der Waals surface area (Å²) in [6.07, 6.45) is 0. The predicted molar refractivity (Wildman–Crippen MR) is 92.9 cm³/mol. The Morgan fingerprint density at radius 2 is 1.78 bits per heavy atom. The van der Waals surface area contributed by atoms with Crippen molar-refractivity contribution in [3.8, 4) is 0 Å². The van der Waals surface area contributed by atoms with Gasteiger partial charge in [0, 0.05) is 23.3 Å². The molecule has 0 N–H and O–H groups in total. The molecule has 2 amide bonds. The molecule has 4 rings (SSSR count). The Morgan fingerprint density at radius 1 is 1.09 bits per heavy atom. The predicted octanol–water partition coefficient (Wildman–Crippen LogP) is 3.25. The molecule has 23 heavy (non-hydrogen) atoms. The topological polar surface area (TPSA) is 40.6 Å². The van der Waals surface area contributed by atoms with Crippen LogP contribution >= 0.6 is 23.4 Å². The lowest BCUT2D eigenvalue weighted by Crippen LogP contribution is -2.49. The summed E-state index contributed by atoms with van der Waals surface area (Å²) in [6, 6.07) is 14.7. The Hall–Kier alpha value is -1.98. The summed E-state index contributed by atoms with van der Waals surface area (Å²) in [7, 11) is 1.75. The van der Waals surface area contributed by atoms with E-state index in [4.69, 9.17) is 11.6 Å². The maximum Gasteiger partial charge on any atom is 0.268 e. The Morgan fingerprint density at radius 3 is 2.52 bits per heavy atom. The van der Waals surface area contributed by atoms with E-state index in [1.165, 1.54) is 11.8 Å². The van der Waals surface area contributed by atoms with Crippen LogP contribution in [0.25, 0.3) is 0 Å². The number of carbonyl (C=O) groups excluding carboxylic acids is 2. The van der Waals surface area contributed by atoms with Crippen molar-refractivity contribution in [3.05, 3.63) is 59.1 Å². The molecule has 116 valence electrons. The van der Waals surface area contributed by atoms with Gasteiger partial charge < -0.3 is 4.90 Å². The average Bonchev–Trinajstić information content (AvgIpc) is 3.01. The van der Waals surface area contributed by atoms with Crippen LogP contribution in [-0.2, 0) is 14.5 Å². The van der Waals surface area contributed by atoms with Gasteiger partial charge in [-0.05, 0) is 30.3 Å². The molecule has 0 bridgehead atoms. The van der Waals surface area contributed by atoms with Gasteiger partial charge in [-0.1, -0.05) is 29.8 Å². The second-order valence-corrected chi connectivity index (χ2v) is 7.12. The van der Waals surface area contributed by atoms with Gasteiger partial charge in [0.25, 0.3) is 5.91 Å². The molecule has 0 aliphatic carbocycles. The highest BCUT2D eigenvalue weighted by molar-refractivity contribution is 8.02. The van der Waals surface area contributed by atoms with Gasteiger partial charge in [-0.25, -0.2) is 0 Å². The van der Waals surface area contributed by atoms with Crippen LogP contribution < -0.4 is 9.80 Å². The highest BCUT2D eigenvalue weighted by atomic mass is 35.5. The van der Waals surface area contributed by atoms with Gasteiger partial charge in [0.05, 0.1) is 11.4 Å². The second kappa shape index (κ2) is 5.01. The zero-order chi connectivity index (χ0) is 16.2. The van der Waals surface area contributed by atoms with Crippen molar-refractivity contribution in [2.75, 3.05) is 22.6 Å². The number of hydrogen-bond donors (Lipinski definition) is 0. The van der Waals surface area contributed by atoms with Crippen LogP contribution in [0.1, 0.15) is 5.56 Å². The number of fused-ring (bicyclic) bond motifs is 2. The first kappa shape index (κ1) is 14.6. The van der Waals surface area contributed by atoms with Crippen LogP contribution in [0.5, 0.6) is 0 Å². The highest BCUT2D eigenvalue weighted by Gasteiger charge is 2.60. The van der Waals surface area contributed by atoms with Gasteiger partial charge in [-0.3, -0.25) is 14.5 Å². The number of para-hydroxylation sites is 1. The monoisotopic (exact) mass is 344 g/mol. The molecule has 2 aromatic rings. The molecule has 1 fully saturated rings. The van der Waals surface area contributed by atoms with Crippen LogP contribution in [0.2, 0.25) is 5.02 Å². The van der Waals surface area contributed by atoms with Crippen molar-refractivity contribution in [1.29, 1.82) is 0 Å². The quantitative estimate of drug-likeness (QED) is 0.797. The number of hydrogen-bond acceptors (Lipinski definition) is 3. The minimum atomic E-state index is -1.02. The summed E-state index contributed by atoms with van der Waals surface area (Å²) in [5, 5.41) is 0.595. The number of anilines is 2. The molecule has 2 heterocycles. The summed E-state index contributed by atoms with van der Waals surface area (Å²) < 4.78 is 0. The van der Waals surface area contributed by atoms with Crippen LogP contribution in [0, 0.1) is 0 Å². The molecule has 1 saturated heterocycles. The van der Waals surface area contributed by atoms with E-state index >= 15 is 0 Å². The number of carbonyl (C=O) groups is 2. The van der Waals surface area contributed by atoms with E-state index in [0.29, 0.717) is 10.7 Å². The number of amides is 2. The minimum Gasteiger partial charge on any atom is -0.312 e. The molecule has 4 nitrogen and oxygen atoms in total. The number of halogens is 1. The largest absolute Gasteiger partial charge is 0.312 e. The average molecular weight is 345 g/mol. The molecule has 2 aliphatic rings. The third-order valence-corrected chi connectivity index (χ3v) is 5.92. The van der Waals surface area contributed by atoms with Crippen molar-refractivity contribution in [3.63, 3.8) is 0 Å². The van der Waals surface area contributed by atoms with Gasteiger partial charge in [-0.2, -0.15) is 0 Å². The van der Waals surface area contributed by atoms with Crippen molar-refractivity contribution in [2.24, 2.45) is 0 Å². The Labute approximate surface area is 143 Å². The lowest BCUT2D eigenvalue weighted by atomic mass is 10.0. The third kappa shape index (κ3) is 1.87. The lowest BCUT2D eigenvalue weighted by Gasteiger charge is -2.32. The zero-order valence-corrected chi connectivity index (χ0v) is 13.9. The number of benzene rings is 2. The van der Waals surface area contributed by atoms with Gasteiger partial charge >= 0.3 is 0 Å². The van der Waals surface area contributed by atoms with Crippen LogP contribution in [-0.4, -0.2) is 24.6 Å². The van der Waals surface area contributed by atoms with Crippen LogP contribution in [0.4, 0.5) is 11.4 Å². The molecule has 0 saturated carbocycles. The van der Waals surface area contributed by atoms with Crippen molar-refractivity contribution in [1.82, 2.24) is 0 Å². The first-order valence-electron chi connectivity index (χ1n) is 7.16. The number of nitrogens with zero attached hydrogens (tertiary/aromatic N) is 2. The van der Waals surface area contributed by atoms with Crippen molar-refractivity contribution >= 4 is 46.6 Å². The first-order valence-corrected chi connectivity index (χ1v) is 8.52. The number of likely N-dealkylation sites (N-methyl/N-ethyl adjacent to an activating group) is 1. The maximum absolute atomic E-state index is 13.1. The van der Waals surface area contributed by atoms with Gasteiger partial charge in [-0.15, -0.1) is 11.8 Å². The normalized spacial score (nSPS) is 23.0. The van der Waals surface area contributed by atoms with E-state index < -0.39 is 4.87 Å². The Balaban J connectivity index is 1.94. The second-order valence-electron chi connectivity index (χ2n) is 5.52. The van der Waals surface area contributed by atoms with Gasteiger partial charge in [0.1, 0.15) is 0 Å². The molecular weight excluding hydrogens is 332 g/mol. The zero-order valence-electron chi connectivity index (χ0n) is 12.3. The summed E-state index contributed by atoms with van der Waals surface area (Å²) in [6.45, 7) is 0. The molecule has 0 radical (unpaired) electrons. The van der Waals surface area contributed by atoms with E-state index in [1.807, 2.05) is 24.3 Å². The smallest absolute Gasteiger partial charge is 0.268 e. The molecule has 2 aliphatic heterocycles. The minimum absolute atomic E-state index is 0.0734. The molecular formula is C17H13ClN2O2S.